The molecular weight excluding hydrogens is 448 g/mol. The predicted molar refractivity (Wildman–Crippen MR) is 143 cm³/mol. The van der Waals surface area contributed by atoms with Crippen molar-refractivity contribution in [2.75, 3.05) is 0 Å². The number of Topliss-reactive ketones (excluding diaryl/α,β-unsaturated/α-hetero) is 2. The fraction of sp³-hybridized carbons (Fsp3) is 0.125. The molecule has 0 bridgehead atoms. The Morgan fingerprint density at radius 1 is 0.528 bits per heavy atom. The summed E-state index contributed by atoms with van der Waals surface area (Å²) in [7, 11) is 0. The molecule has 0 aliphatic heterocycles. The molecule has 36 heavy (non-hydrogen) atoms. The van der Waals surface area contributed by atoms with Gasteiger partial charge in [0.05, 0.1) is 0 Å². The van der Waals surface area contributed by atoms with Crippen LogP contribution in [0.4, 0.5) is 0 Å². The van der Waals surface area contributed by atoms with Crippen molar-refractivity contribution in [3.63, 3.8) is 0 Å². The van der Waals surface area contributed by atoms with Crippen molar-refractivity contribution in [1.82, 2.24) is 0 Å². The molecular formula is C32H26O4. The number of hydrogen-bond acceptors (Lipinski definition) is 4. The molecule has 4 heteroatoms. The minimum atomic E-state index is -0.0241. The number of ketones is 2. The summed E-state index contributed by atoms with van der Waals surface area (Å²) >= 11 is 0. The zero-order chi connectivity index (χ0) is 25.1. The van der Waals surface area contributed by atoms with Crippen molar-refractivity contribution >= 4 is 33.1 Å². The summed E-state index contributed by atoms with van der Waals surface area (Å²) < 4.78 is 12.9. The van der Waals surface area contributed by atoms with Gasteiger partial charge in [-0.25, -0.2) is 0 Å². The lowest BCUT2D eigenvalue weighted by Crippen LogP contribution is -2.03. The first kappa shape index (κ1) is 23.3. The highest BCUT2D eigenvalue weighted by Gasteiger charge is 2.20. The van der Waals surface area contributed by atoms with Crippen LogP contribution in [0.3, 0.4) is 0 Å². The van der Waals surface area contributed by atoms with E-state index in [4.69, 9.17) is 9.47 Å². The Hall–Kier alpha value is -4.44. The molecule has 0 aromatic heterocycles. The quantitative estimate of drug-likeness (QED) is 0.172. The molecule has 5 aromatic rings. The molecule has 0 radical (unpaired) electrons. The largest absolute Gasteiger partial charge is 0.484 e. The van der Waals surface area contributed by atoms with Gasteiger partial charge in [-0.15, -0.1) is 0 Å². The number of hydrogen-bond donors (Lipinski definition) is 0. The van der Waals surface area contributed by atoms with Crippen molar-refractivity contribution < 1.29 is 19.1 Å². The first-order valence-corrected chi connectivity index (χ1v) is 11.9. The fourth-order valence-electron chi connectivity index (χ4n) is 4.36. The van der Waals surface area contributed by atoms with Gasteiger partial charge in [0.25, 0.3) is 0 Å². The van der Waals surface area contributed by atoms with Crippen LogP contribution in [0.1, 0.15) is 45.7 Å². The number of carbonyl (C=O) groups is 2. The molecule has 0 heterocycles. The lowest BCUT2D eigenvalue weighted by Gasteiger charge is -2.19. The molecule has 0 fully saturated rings. The van der Waals surface area contributed by atoms with E-state index in [2.05, 4.69) is 0 Å². The van der Waals surface area contributed by atoms with Gasteiger partial charge < -0.3 is 9.47 Å². The van der Waals surface area contributed by atoms with Gasteiger partial charge in [0.15, 0.2) is 23.1 Å². The van der Waals surface area contributed by atoms with E-state index in [1.807, 2.05) is 97.1 Å². The second kappa shape index (κ2) is 10.0. The molecule has 0 N–H and O–H groups in total. The van der Waals surface area contributed by atoms with E-state index in [1.54, 1.807) is 13.8 Å². The van der Waals surface area contributed by atoms with E-state index < -0.39 is 0 Å². The van der Waals surface area contributed by atoms with Crippen LogP contribution in [0.25, 0.3) is 21.5 Å². The monoisotopic (exact) mass is 474 g/mol. The van der Waals surface area contributed by atoms with Gasteiger partial charge in [0, 0.05) is 21.9 Å². The highest BCUT2D eigenvalue weighted by molar-refractivity contribution is 6.17. The maximum atomic E-state index is 12.2. The Labute approximate surface area is 210 Å². The summed E-state index contributed by atoms with van der Waals surface area (Å²) in [4.78, 5) is 24.4. The molecule has 0 spiro atoms. The van der Waals surface area contributed by atoms with Gasteiger partial charge in [-0.1, -0.05) is 72.8 Å². The van der Waals surface area contributed by atoms with E-state index in [0.717, 1.165) is 32.7 Å². The molecule has 0 aliphatic carbocycles. The third kappa shape index (κ3) is 4.71. The normalized spacial score (nSPS) is 10.9. The zero-order valence-electron chi connectivity index (χ0n) is 20.3. The number of rotatable bonds is 8. The summed E-state index contributed by atoms with van der Waals surface area (Å²) in [6, 6.07) is 31.1. The van der Waals surface area contributed by atoms with E-state index >= 15 is 0 Å². The Balaban J connectivity index is 1.73. The van der Waals surface area contributed by atoms with E-state index in [-0.39, 0.29) is 11.6 Å². The molecule has 178 valence electrons. The summed E-state index contributed by atoms with van der Waals surface area (Å²) in [5.41, 5.74) is 3.27. The first-order chi connectivity index (χ1) is 17.5. The molecule has 5 aromatic carbocycles. The zero-order valence-corrected chi connectivity index (χ0v) is 20.3. The summed E-state index contributed by atoms with van der Waals surface area (Å²) in [6.45, 7) is 3.83. The average Bonchev–Trinajstić information content (AvgIpc) is 2.91. The van der Waals surface area contributed by atoms with Crippen LogP contribution in [0.5, 0.6) is 11.5 Å². The van der Waals surface area contributed by atoms with Crippen molar-refractivity contribution in [3.05, 3.63) is 119 Å². The van der Waals surface area contributed by atoms with Gasteiger partial charge in [0.1, 0.15) is 13.2 Å². The molecule has 5 rings (SSSR count). The third-order valence-corrected chi connectivity index (χ3v) is 6.29. The third-order valence-electron chi connectivity index (χ3n) is 6.29. The Morgan fingerprint density at radius 2 is 0.917 bits per heavy atom. The smallest absolute Gasteiger partial charge is 0.170 e. The minimum absolute atomic E-state index is 0.0241. The minimum Gasteiger partial charge on any atom is -0.484 e. The summed E-state index contributed by atoms with van der Waals surface area (Å²) in [5, 5.41) is 3.34. The Kier molecular flexibility index (Phi) is 6.50. The average molecular weight is 475 g/mol. The van der Waals surface area contributed by atoms with Crippen LogP contribution in [0.2, 0.25) is 0 Å². The SMILES string of the molecule is CC(=O)c1ccc2c(OCc3ccccc3)c(OCc3ccccc3)c3ccc(C(C)=O)cc3c2c1. The molecule has 0 saturated heterocycles. The maximum absolute atomic E-state index is 12.2. The van der Waals surface area contributed by atoms with Gasteiger partial charge >= 0.3 is 0 Å². The van der Waals surface area contributed by atoms with Gasteiger partial charge in [-0.3, -0.25) is 9.59 Å². The standard InChI is InChI=1S/C32H26O4/c1-21(33)25-13-15-27-29(17-25)30-18-26(22(2)34)14-16-28(30)32(36-20-24-11-7-4-8-12-24)31(27)35-19-23-9-5-3-6-10-23/h3-18H,19-20H2,1-2H3. The number of benzene rings is 5. The lowest BCUT2D eigenvalue weighted by molar-refractivity contribution is 0.100. The highest BCUT2D eigenvalue weighted by atomic mass is 16.5. The summed E-state index contributed by atoms with van der Waals surface area (Å²) in [5.74, 6) is 1.18. The number of fused-ring (bicyclic) bond motifs is 3. The van der Waals surface area contributed by atoms with E-state index in [0.29, 0.717) is 35.8 Å². The van der Waals surface area contributed by atoms with Crippen molar-refractivity contribution in [1.29, 1.82) is 0 Å². The number of carbonyl (C=O) groups excluding carboxylic acids is 2. The molecule has 0 aliphatic rings. The van der Waals surface area contributed by atoms with Gasteiger partial charge in [0.2, 0.25) is 0 Å². The van der Waals surface area contributed by atoms with Crippen LogP contribution in [0, 0.1) is 0 Å². The van der Waals surface area contributed by atoms with E-state index in [9.17, 15) is 9.59 Å². The molecule has 0 atom stereocenters. The maximum Gasteiger partial charge on any atom is 0.170 e. The Bertz CT molecular complexity index is 1450. The number of ether oxygens (including phenoxy) is 2. The van der Waals surface area contributed by atoms with Crippen molar-refractivity contribution in [3.8, 4) is 11.5 Å². The van der Waals surface area contributed by atoms with Gasteiger partial charge in [-0.05, 0) is 60.0 Å². The molecule has 0 amide bonds. The van der Waals surface area contributed by atoms with Crippen LogP contribution in [-0.2, 0) is 13.2 Å². The van der Waals surface area contributed by atoms with E-state index in [1.165, 1.54) is 0 Å². The topological polar surface area (TPSA) is 52.6 Å². The molecule has 4 nitrogen and oxygen atoms in total. The second-order valence-electron chi connectivity index (χ2n) is 8.84. The second-order valence-corrected chi connectivity index (χ2v) is 8.84. The van der Waals surface area contributed by atoms with Crippen LogP contribution >= 0.6 is 0 Å². The van der Waals surface area contributed by atoms with Crippen molar-refractivity contribution in [2.45, 2.75) is 27.1 Å². The molecule has 0 unspecified atom stereocenters. The van der Waals surface area contributed by atoms with Crippen LogP contribution in [-0.4, -0.2) is 11.6 Å². The summed E-state index contributed by atoms with van der Waals surface area (Å²) in [6.07, 6.45) is 0. The highest BCUT2D eigenvalue weighted by Crippen LogP contribution is 2.45. The Morgan fingerprint density at radius 3 is 1.28 bits per heavy atom. The van der Waals surface area contributed by atoms with Gasteiger partial charge in [-0.2, -0.15) is 0 Å². The predicted octanol–water partition coefficient (Wildman–Crippen LogP) is 7.56. The van der Waals surface area contributed by atoms with Crippen LogP contribution in [0.15, 0.2) is 97.1 Å². The first-order valence-electron chi connectivity index (χ1n) is 11.9. The lowest BCUT2D eigenvalue weighted by atomic mass is 9.95. The fourth-order valence-corrected chi connectivity index (χ4v) is 4.36. The van der Waals surface area contributed by atoms with Crippen LogP contribution < -0.4 is 9.47 Å². The van der Waals surface area contributed by atoms with Crippen molar-refractivity contribution in [2.24, 2.45) is 0 Å². The molecule has 0 saturated carbocycles.